The van der Waals surface area contributed by atoms with Crippen molar-refractivity contribution in [3.8, 4) is 11.1 Å². The van der Waals surface area contributed by atoms with E-state index in [2.05, 4.69) is 16.0 Å². The Bertz CT molecular complexity index is 645. The Morgan fingerprint density at radius 1 is 1.29 bits per heavy atom. The topological polar surface area (TPSA) is 53.1 Å². The van der Waals surface area contributed by atoms with E-state index in [1.165, 1.54) is 19.3 Å². The third-order valence-corrected chi connectivity index (χ3v) is 4.98. The minimum absolute atomic E-state index is 0.154. The van der Waals surface area contributed by atoms with Gasteiger partial charge in [0.2, 0.25) is 0 Å². The van der Waals surface area contributed by atoms with E-state index >= 15 is 0 Å². The maximum atomic E-state index is 6.06. The third-order valence-electron chi connectivity index (χ3n) is 4.98. The van der Waals surface area contributed by atoms with E-state index in [0.717, 1.165) is 36.3 Å². The summed E-state index contributed by atoms with van der Waals surface area (Å²) in [4.78, 5) is 0. The normalized spacial score (nSPS) is 23.9. The van der Waals surface area contributed by atoms with Crippen LogP contribution in [0.2, 0.25) is 0 Å². The van der Waals surface area contributed by atoms with E-state index in [0.29, 0.717) is 6.04 Å². The lowest BCUT2D eigenvalue weighted by molar-refractivity contribution is -0.141. The highest BCUT2D eigenvalue weighted by Gasteiger charge is 2.43. The molecule has 1 saturated carbocycles. The highest BCUT2D eigenvalue weighted by Crippen LogP contribution is 2.45. The molecule has 1 spiro atoms. The van der Waals surface area contributed by atoms with Gasteiger partial charge in [0.25, 0.3) is 0 Å². The number of hydrogen-bond donors (Lipinski definition) is 1. The van der Waals surface area contributed by atoms with Crippen LogP contribution in [0, 0.1) is 0 Å². The molecule has 1 atom stereocenters. The van der Waals surface area contributed by atoms with Gasteiger partial charge in [-0.3, -0.25) is 4.68 Å². The van der Waals surface area contributed by atoms with E-state index in [-0.39, 0.29) is 5.60 Å². The first kappa shape index (κ1) is 12.9. The first-order chi connectivity index (χ1) is 10.3. The predicted molar refractivity (Wildman–Crippen MR) is 82.9 cm³/mol. The van der Waals surface area contributed by atoms with Crippen LogP contribution in [0.15, 0.2) is 36.7 Å². The maximum absolute atomic E-state index is 6.06. The van der Waals surface area contributed by atoms with Gasteiger partial charge in [0.05, 0.1) is 17.8 Å². The van der Waals surface area contributed by atoms with Crippen molar-refractivity contribution < 1.29 is 4.74 Å². The van der Waals surface area contributed by atoms with Gasteiger partial charge in [-0.2, -0.15) is 5.10 Å². The number of nitrogen functional groups attached to an aromatic ring is 1. The molecular weight excluding hydrogens is 262 g/mol. The zero-order chi connectivity index (χ0) is 14.3. The Morgan fingerprint density at radius 3 is 2.90 bits per heavy atom. The Labute approximate surface area is 124 Å². The Hall–Kier alpha value is -1.81. The highest BCUT2D eigenvalue weighted by molar-refractivity contribution is 5.75. The van der Waals surface area contributed by atoms with E-state index < -0.39 is 0 Å². The van der Waals surface area contributed by atoms with Gasteiger partial charge in [0, 0.05) is 29.6 Å². The SMILES string of the molecule is Nc1ccccc1-c1cnn(C2CCOC3(CCC3)C2)c1. The number of hydrogen-bond acceptors (Lipinski definition) is 3. The molecular formula is C17H21N3O. The first-order valence-corrected chi connectivity index (χ1v) is 7.79. The zero-order valence-corrected chi connectivity index (χ0v) is 12.2. The fourth-order valence-corrected chi connectivity index (χ4v) is 3.58. The molecule has 1 saturated heterocycles. The largest absolute Gasteiger partial charge is 0.398 e. The summed E-state index contributed by atoms with van der Waals surface area (Å²) in [6.07, 6.45) is 9.93. The van der Waals surface area contributed by atoms with E-state index in [4.69, 9.17) is 10.5 Å². The second-order valence-corrected chi connectivity index (χ2v) is 6.33. The molecule has 1 aromatic heterocycles. The second kappa shape index (κ2) is 4.88. The molecule has 2 N–H and O–H groups in total. The standard InChI is InChI=1S/C17H21N3O/c18-16-5-2-1-4-15(16)13-11-19-20(12-13)14-6-9-21-17(10-14)7-3-8-17/h1-2,4-5,11-12,14H,3,6-10,18H2. The summed E-state index contributed by atoms with van der Waals surface area (Å²) in [5, 5.41) is 4.59. The molecule has 2 aromatic rings. The molecule has 21 heavy (non-hydrogen) atoms. The van der Waals surface area contributed by atoms with Gasteiger partial charge < -0.3 is 10.5 Å². The minimum Gasteiger partial charge on any atom is -0.398 e. The molecule has 110 valence electrons. The zero-order valence-electron chi connectivity index (χ0n) is 12.2. The number of aromatic nitrogens is 2. The molecule has 2 aliphatic rings. The Balaban J connectivity index is 1.58. The van der Waals surface area contributed by atoms with E-state index in [1.807, 2.05) is 30.5 Å². The number of anilines is 1. The van der Waals surface area contributed by atoms with Crippen LogP contribution in [-0.4, -0.2) is 22.0 Å². The number of nitrogens with zero attached hydrogens (tertiary/aromatic N) is 2. The van der Waals surface area contributed by atoms with E-state index in [1.54, 1.807) is 0 Å². The van der Waals surface area contributed by atoms with Crippen molar-refractivity contribution in [2.45, 2.75) is 43.7 Å². The maximum Gasteiger partial charge on any atom is 0.0703 e. The molecule has 2 heterocycles. The number of nitrogens with two attached hydrogens (primary N) is 1. The van der Waals surface area contributed by atoms with Crippen molar-refractivity contribution in [2.75, 3.05) is 12.3 Å². The summed E-state index contributed by atoms with van der Waals surface area (Å²) in [6, 6.07) is 8.42. The predicted octanol–water partition coefficient (Wildman–Crippen LogP) is 3.41. The van der Waals surface area contributed by atoms with Crippen molar-refractivity contribution in [3.05, 3.63) is 36.7 Å². The van der Waals surface area contributed by atoms with Crippen LogP contribution in [0.4, 0.5) is 5.69 Å². The third kappa shape index (κ3) is 2.23. The van der Waals surface area contributed by atoms with Gasteiger partial charge in [-0.05, 0) is 38.2 Å². The van der Waals surface area contributed by atoms with Gasteiger partial charge in [0.1, 0.15) is 0 Å². The molecule has 4 heteroatoms. The van der Waals surface area contributed by atoms with Gasteiger partial charge in [-0.25, -0.2) is 0 Å². The molecule has 1 aromatic carbocycles. The molecule has 4 nitrogen and oxygen atoms in total. The minimum atomic E-state index is 0.154. The van der Waals surface area contributed by atoms with Crippen LogP contribution in [0.3, 0.4) is 0 Å². The van der Waals surface area contributed by atoms with Crippen LogP contribution >= 0.6 is 0 Å². The molecule has 1 aliphatic heterocycles. The number of para-hydroxylation sites is 1. The Morgan fingerprint density at radius 2 is 2.14 bits per heavy atom. The quantitative estimate of drug-likeness (QED) is 0.859. The summed E-state index contributed by atoms with van der Waals surface area (Å²) in [5.41, 5.74) is 9.18. The molecule has 4 rings (SSSR count). The van der Waals surface area contributed by atoms with Crippen molar-refractivity contribution >= 4 is 5.69 Å². The van der Waals surface area contributed by atoms with Gasteiger partial charge in [-0.1, -0.05) is 18.2 Å². The van der Waals surface area contributed by atoms with Crippen LogP contribution in [-0.2, 0) is 4.74 Å². The smallest absolute Gasteiger partial charge is 0.0703 e. The van der Waals surface area contributed by atoms with Gasteiger partial charge in [-0.15, -0.1) is 0 Å². The van der Waals surface area contributed by atoms with Crippen LogP contribution in [0.5, 0.6) is 0 Å². The second-order valence-electron chi connectivity index (χ2n) is 6.33. The summed E-state index contributed by atoms with van der Waals surface area (Å²) < 4.78 is 8.12. The fraction of sp³-hybridized carbons (Fsp3) is 0.471. The summed E-state index contributed by atoms with van der Waals surface area (Å²) >= 11 is 0. The molecule has 1 aliphatic carbocycles. The fourth-order valence-electron chi connectivity index (χ4n) is 3.58. The Kier molecular flexibility index (Phi) is 3.00. The van der Waals surface area contributed by atoms with Crippen molar-refractivity contribution in [3.63, 3.8) is 0 Å². The number of benzene rings is 1. The van der Waals surface area contributed by atoms with Crippen LogP contribution in [0.25, 0.3) is 11.1 Å². The lowest BCUT2D eigenvalue weighted by Crippen LogP contribution is -2.46. The van der Waals surface area contributed by atoms with Crippen molar-refractivity contribution in [1.29, 1.82) is 0 Å². The van der Waals surface area contributed by atoms with Gasteiger partial charge in [0.15, 0.2) is 0 Å². The lowest BCUT2D eigenvalue weighted by atomic mass is 9.74. The molecule has 0 radical (unpaired) electrons. The van der Waals surface area contributed by atoms with Gasteiger partial charge >= 0.3 is 0 Å². The highest BCUT2D eigenvalue weighted by atomic mass is 16.5. The number of ether oxygens (including phenoxy) is 1. The average Bonchev–Trinajstić information content (AvgIpc) is 2.96. The van der Waals surface area contributed by atoms with Crippen LogP contribution < -0.4 is 5.73 Å². The first-order valence-electron chi connectivity index (χ1n) is 7.79. The molecule has 0 bridgehead atoms. The van der Waals surface area contributed by atoms with E-state index in [9.17, 15) is 0 Å². The molecule has 2 fully saturated rings. The molecule has 1 unspecified atom stereocenters. The average molecular weight is 283 g/mol. The van der Waals surface area contributed by atoms with Crippen molar-refractivity contribution in [1.82, 2.24) is 9.78 Å². The monoisotopic (exact) mass is 283 g/mol. The summed E-state index contributed by atoms with van der Waals surface area (Å²) in [5.74, 6) is 0. The van der Waals surface area contributed by atoms with Crippen molar-refractivity contribution in [2.24, 2.45) is 0 Å². The summed E-state index contributed by atoms with van der Waals surface area (Å²) in [6.45, 7) is 0.854. The van der Waals surface area contributed by atoms with Crippen LogP contribution in [0.1, 0.15) is 38.1 Å². The summed E-state index contributed by atoms with van der Waals surface area (Å²) in [7, 11) is 0. The lowest BCUT2D eigenvalue weighted by Gasteiger charge is -2.47. The number of rotatable bonds is 2. The molecule has 0 amide bonds.